The largest absolute Gasteiger partial charge is 0.327 e. The van der Waals surface area contributed by atoms with E-state index < -0.39 is 0 Å². The van der Waals surface area contributed by atoms with Crippen LogP contribution in [-0.2, 0) is 7.05 Å². The fourth-order valence-corrected chi connectivity index (χ4v) is 1.24. The molecular weight excluding hydrogens is 119 g/mol. The Balaban J connectivity index is 3.35. The van der Waals surface area contributed by atoms with Crippen LogP contribution in [-0.4, -0.2) is 25.8 Å². The Labute approximate surface area is 54.8 Å². The molecule has 0 bridgehead atoms. The number of imidazole rings is 1. The fourth-order valence-electron chi connectivity index (χ4n) is 0.638. The van der Waals surface area contributed by atoms with Gasteiger partial charge in [-0.25, -0.2) is 4.79 Å². The topological polar surface area (TPSA) is 37.8 Å². The molecule has 0 aliphatic carbocycles. The minimum atomic E-state index is -0.0185. The van der Waals surface area contributed by atoms with Crippen LogP contribution in [0.5, 0.6) is 0 Å². The average Bonchev–Trinajstić information content (AvgIpc) is 1.85. The molecule has 8 heavy (non-hydrogen) atoms. The predicted octanol–water partition coefficient (Wildman–Crippen LogP) is -2.03. The molecule has 0 fully saturated rings. The number of aryl methyl sites for hydroxylation is 1. The van der Waals surface area contributed by atoms with Crippen molar-refractivity contribution in [2.24, 2.45) is 7.05 Å². The van der Waals surface area contributed by atoms with Crippen molar-refractivity contribution < 1.29 is 0 Å². The van der Waals surface area contributed by atoms with Gasteiger partial charge in [0.1, 0.15) is 0 Å². The SMILES string of the molecule is Cn1c[c]([AlH2])[nH]c1=O. The standard InChI is InChI=1S/C4H5N2O.Al.2H/c1-6-3-2-5-4(6)7;;;/h3H,1H3,(H,5,7);;;. The third kappa shape index (κ3) is 0.858. The van der Waals surface area contributed by atoms with Crippen LogP contribution in [0, 0.1) is 0 Å². The molecule has 0 saturated heterocycles. The molecule has 0 aliphatic heterocycles. The summed E-state index contributed by atoms with van der Waals surface area (Å²) in [5.41, 5.74) is -0.0185. The van der Waals surface area contributed by atoms with E-state index in [1.54, 1.807) is 11.6 Å². The number of aromatic nitrogens is 2. The van der Waals surface area contributed by atoms with Gasteiger partial charge in [0, 0.05) is 13.2 Å². The zero-order valence-electron chi connectivity index (χ0n) is 4.93. The van der Waals surface area contributed by atoms with Crippen molar-refractivity contribution in [1.29, 1.82) is 0 Å². The molecule has 4 heteroatoms. The van der Waals surface area contributed by atoms with Crippen molar-refractivity contribution in [3.05, 3.63) is 16.7 Å². The highest BCUT2D eigenvalue weighted by Gasteiger charge is 1.89. The lowest BCUT2D eigenvalue weighted by atomic mass is 10.9. The molecule has 0 unspecified atom stereocenters. The van der Waals surface area contributed by atoms with Crippen molar-refractivity contribution in [2.45, 2.75) is 0 Å². The number of H-pyrrole nitrogens is 1. The first-order chi connectivity index (χ1) is 3.70. The van der Waals surface area contributed by atoms with Crippen LogP contribution >= 0.6 is 0 Å². The van der Waals surface area contributed by atoms with Gasteiger partial charge in [-0.1, -0.05) is 0 Å². The van der Waals surface area contributed by atoms with Gasteiger partial charge in [0.15, 0.2) is 0 Å². The van der Waals surface area contributed by atoms with Crippen LogP contribution < -0.4 is 10.2 Å². The second-order valence-corrected chi connectivity index (χ2v) is 2.93. The quantitative estimate of drug-likeness (QED) is 0.400. The summed E-state index contributed by atoms with van der Waals surface area (Å²) in [5, 5.41) is 0. The summed E-state index contributed by atoms with van der Waals surface area (Å²) >= 11 is 0.917. The van der Waals surface area contributed by atoms with Crippen molar-refractivity contribution in [3.8, 4) is 0 Å². The molecule has 3 nitrogen and oxygen atoms in total. The Morgan fingerprint density at radius 1 is 1.88 bits per heavy atom. The van der Waals surface area contributed by atoms with Gasteiger partial charge in [-0.3, -0.25) is 0 Å². The minimum Gasteiger partial charge on any atom is -0.327 e. The first kappa shape index (κ1) is 5.68. The van der Waals surface area contributed by atoms with Gasteiger partial charge >= 0.3 is 5.69 Å². The number of nitrogens with zero attached hydrogens (tertiary/aromatic N) is 1. The van der Waals surface area contributed by atoms with Crippen LogP contribution in [0.25, 0.3) is 0 Å². The summed E-state index contributed by atoms with van der Waals surface area (Å²) in [6.07, 6.45) is 1.81. The third-order valence-corrected chi connectivity index (χ3v) is 1.52. The molecule has 1 heterocycles. The molecule has 0 amide bonds. The molecule has 1 N–H and O–H groups in total. The zero-order valence-corrected chi connectivity index (χ0v) is 6.93. The number of nitrogens with one attached hydrogen (secondary N) is 1. The van der Waals surface area contributed by atoms with E-state index in [4.69, 9.17) is 0 Å². The van der Waals surface area contributed by atoms with Gasteiger partial charge in [0.25, 0.3) is 16.3 Å². The predicted molar refractivity (Wildman–Crippen MR) is 34.2 cm³/mol. The van der Waals surface area contributed by atoms with Crippen LogP contribution in [0.4, 0.5) is 0 Å². The summed E-state index contributed by atoms with van der Waals surface area (Å²) in [6.45, 7) is 0. The van der Waals surface area contributed by atoms with Gasteiger partial charge in [-0.2, -0.15) is 0 Å². The van der Waals surface area contributed by atoms with E-state index in [0.717, 1.165) is 20.8 Å². The van der Waals surface area contributed by atoms with E-state index in [1.807, 2.05) is 6.20 Å². The van der Waals surface area contributed by atoms with Crippen LogP contribution in [0.1, 0.15) is 0 Å². The number of hydrogen-bond acceptors (Lipinski definition) is 1. The lowest BCUT2D eigenvalue weighted by Gasteiger charge is -1.77. The Morgan fingerprint density at radius 2 is 2.50 bits per heavy atom. The second kappa shape index (κ2) is 1.81. The highest BCUT2D eigenvalue weighted by molar-refractivity contribution is 6.30. The minimum absolute atomic E-state index is 0.0185. The highest BCUT2D eigenvalue weighted by Crippen LogP contribution is 1.61. The first-order valence-corrected chi connectivity index (χ1v) is 3.42. The summed E-state index contributed by atoms with van der Waals surface area (Å²) in [4.78, 5) is 13.2. The van der Waals surface area contributed by atoms with Gasteiger partial charge in [0.2, 0.25) is 0 Å². The summed E-state index contributed by atoms with van der Waals surface area (Å²) in [7, 11) is 1.74. The molecule has 0 radical (unpaired) electrons. The van der Waals surface area contributed by atoms with E-state index in [-0.39, 0.29) is 5.69 Å². The number of rotatable bonds is 0. The number of aromatic amines is 1. The molecule has 0 saturated carbocycles. The van der Waals surface area contributed by atoms with Crippen LogP contribution in [0.2, 0.25) is 0 Å². The molecule has 0 atom stereocenters. The molecule has 42 valence electrons. The van der Waals surface area contributed by atoms with Gasteiger partial charge in [-0.05, 0) is 4.56 Å². The molecule has 1 aromatic rings. The normalized spacial score (nSPS) is 9.62. The molecule has 0 aromatic carbocycles. The van der Waals surface area contributed by atoms with Gasteiger partial charge in [0.05, 0.1) is 0 Å². The number of hydrogen-bond donors (Lipinski definition) is 1. The summed E-state index contributed by atoms with van der Waals surface area (Å²) < 4.78 is 2.58. The Kier molecular flexibility index (Phi) is 1.28. The van der Waals surface area contributed by atoms with Gasteiger partial charge < -0.3 is 9.55 Å². The smallest absolute Gasteiger partial charge is 0.324 e. The maximum atomic E-state index is 10.6. The molecule has 1 rings (SSSR count). The van der Waals surface area contributed by atoms with E-state index in [9.17, 15) is 4.79 Å². The van der Waals surface area contributed by atoms with Crippen molar-refractivity contribution >= 4 is 20.8 Å². The summed E-state index contributed by atoms with van der Waals surface area (Å²) in [6, 6.07) is 0. The highest BCUT2D eigenvalue weighted by atomic mass is 27.0. The maximum Gasteiger partial charge on any atom is 0.324 e. The molecule has 0 aliphatic rings. The van der Waals surface area contributed by atoms with E-state index in [2.05, 4.69) is 4.98 Å². The van der Waals surface area contributed by atoms with Crippen molar-refractivity contribution in [1.82, 2.24) is 9.55 Å². The Bertz CT molecular complexity index is 236. The average molecular weight is 126 g/mol. The van der Waals surface area contributed by atoms with E-state index >= 15 is 0 Å². The first-order valence-electron chi connectivity index (χ1n) is 2.42. The van der Waals surface area contributed by atoms with Crippen molar-refractivity contribution in [3.63, 3.8) is 0 Å². The van der Waals surface area contributed by atoms with Crippen molar-refractivity contribution in [2.75, 3.05) is 0 Å². The van der Waals surface area contributed by atoms with Crippen LogP contribution in [0.3, 0.4) is 0 Å². The molecule has 0 spiro atoms. The second-order valence-electron chi connectivity index (χ2n) is 1.85. The molecule has 1 aromatic heterocycles. The fraction of sp³-hybridized carbons (Fsp3) is 0.250. The Hall–Kier alpha value is -0.458. The maximum absolute atomic E-state index is 10.6. The third-order valence-electron chi connectivity index (χ3n) is 1.01. The summed E-state index contributed by atoms with van der Waals surface area (Å²) in [5.74, 6) is 0. The van der Waals surface area contributed by atoms with Gasteiger partial charge in [-0.15, -0.1) is 0 Å². The van der Waals surface area contributed by atoms with E-state index in [1.165, 1.54) is 0 Å². The van der Waals surface area contributed by atoms with Crippen LogP contribution in [0.15, 0.2) is 11.0 Å². The van der Waals surface area contributed by atoms with E-state index in [0.29, 0.717) is 0 Å². The lowest BCUT2D eigenvalue weighted by molar-refractivity contribution is 0.862. The lowest BCUT2D eigenvalue weighted by Crippen LogP contribution is -2.13. The zero-order chi connectivity index (χ0) is 6.15. The molecular formula is C4H7AlN2O. The monoisotopic (exact) mass is 126 g/mol. The Morgan fingerprint density at radius 3 is 2.62 bits per heavy atom.